The first kappa shape index (κ1) is 7.94. The first-order chi connectivity index (χ1) is 5.11. The van der Waals surface area contributed by atoms with Crippen LogP contribution in [0.2, 0.25) is 0 Å². The van der Waals surface area contributed by atoms with E-state index >= 15 is 0 Å². The lowest BCUT2D eigenvalue weighted by Crippen LogP contribution is -1.96. The number of thiol groups is 1. The Morgan fingerprint density at radius 3 is 2.55 bits per heavy atom. The third-order valence-corrected chi connectivity index (χ3v) is 1.60. The molecular weight excluding hydrogens is 164 g/mol. The number of carbonyl (C=O) groups is 1. The van der Waals surface area contributed by atoms with Crippen molar-refractivity contribution in [3.63, 3.8) is 0 Å². The lowest BCUT2D eigenvalue weighted by Gasteiger charge is -1.98. The molecule has 0 fully saturated rings. The van der Waals surface area contributed by atoms with E-state index in [1.807, 2.05) is 0 Å². The lowest BCUT2D eigenvalue weighted by atomic mass is 10.2. The lowest BCUT2D eigenvalue weighted by molar-refractivity contribution is 0.0692. The van der Waals surface area contributed by atoms with Crippen molar-refractivity contribution >= 4 is 18.6 Å². The van der Waals surface area contributed by atoms with Crippen LogP contribution in [0.5, 0.6) is 5.75 Å². The monoisotopic (exact) mass is 170 g/mol. The molecule has 0 saturated carbocycles. The van der Waals surface area contributed by atoms with Gasteiger partial charge in [0.05, 0.1) is 5.56 Å². The van der Waals surface area contributed by atoms with Crippen molar-refractivity contribution < 1.29 is 15.0 Å². The maximum absolute atomic E-state index is 10.4. The number of carboxylic acid groups (broad SMARTS) is 1. The molecule has 0 radical (unpaired) electrons. The Bertz CT molecular complexity index is 296. The molecule has 0 atom stereocenters. The predicted octanol–water partition coefficient (Wildman–Crippen LogP) is 1.38. The van der Waals surface area contributed by atoms with Crippen molar-refractivity contribution in [1.29, 1.82) is 0 Å². The van der Waals surface area contributed by atoms with Gasteiger partial charge in [-0.3, -0.25) is 0 Å². The van der Waals surface area contributed by atoms with E-state index < -0.39 is 5.97 Å². The average Bonchev–Trinajstić information content (AvgIpc) is 1.94. The second-order valence-corrected chi connectivity index (χ2v) is 2.49. The van der Waals surface area contributed by atoms with Gasteiger partial charge in [0.1, 0.15) is 5.75 Å². The van der Waals surface area contributed by atoms with Gasteiger partial charge in [0.2, 0.25) is 0 Å². The maximum Gasteiger partial charge on any atom is 0.336 e. The van der Waals surface area contributed by atoms with Crippen LogP contribution in [0.25, 0.3) is 0 Å². The van der Waals surface area contributed by atoms with Crippen LogP contribution in [0.15, 0.2) is 23.1 Å². The summed E-state index contributed by atoms with van der Waals surface area (Å²) in [6.45, 7) is 0. The summed E-state index contributed by atoms with van der Waals surface area (Å²) in [7, 11) is 0. The Balaban J connectivity index is 3.23. The van der Waals surface area contributed by atoms with Gasteiger partial charge in [-0.15, -0.1) is 12.6 Å². The highest BCUT2D eigenvalue weighted by atomic mass is 32.1. The summed E-state index contributed by atoms with van der Waals surface area (Å²) in [5, 5.41) is 17.4. The predicted molar refractivity (Wildman–Crippen MR) is 42.3 cm³/mol. The molecule has 11 heavy (non-hydrogen) atoms. The molecular formula is C7H6O3S. The van der Waals surface area contributed by atoms with Crippen molar-refractivity contribution in [1.82, 2.24) is 0 Å². The Morgan fingerprint density at radius 2 is 2.09 bits per heavy atom. The molecule has 4 heteroatoms. The van der Waals surface area contributed by atoms with E-state index in [2.05, 4.69) is 12.6 Å². The highest BCUT2D eigenvalue weighted by Gasteiger charge is 2.07. The summed E-state index contributed by atoms with van der Waals surface area (Å²) in [5.74, 6) is -1.16. The zero-order chi connectivity index (χ0) is 8.43. The number of benzene rings is 1. The Hall–Kier alpha value is -1.16. The first-order valence-electron chi connectivity index (χ1n) is 2.86. The summed E-state index contributed by atoms with van der Waals surface area (Å²) in [6.07, 6.45) is 0. The summed E-state index contributed by atoms with van der Waals surface area (Å²) < 4.78 is 0. The topological polar surface area (TPSA) is 57.5 Å². The van der Waals surface area contributed by atoms with Crippen LogP contribution >= 0.6 is 12.6 Å². The van der Waals surface area contributed by atoms with Crippen molar-refractivity contribution in [2.75, 3.05) is 0 Å². The van der Waals surface area contributed by atoms with E-state index in [4.69, 9.17) is 10.2 Å². The maximum atomic E-state index is 10.4. The molecule has 0 aliphatic rings. The van der Waals surface area contributed by atoms with Crippen LogP contribution in [0.4, 0.5) is 0 Å². The second-order valence-electron chi connectivity index (χ2n) is 2.01. The number of phenols is 1. The van der Waals surface area contributed by atoms with Crippen LogP contribution in [0.1, 0.15) is 10.4 Å². The third kappa shape index (κ3) is 1.65. The molecule has 0 aliphatic carbocycles. The molecule has 0 unspecified atom stereocenters. The van der Waals surface area contributed by atoms with Crippen molar-refractivity contribution in [2.24, 2.45) is 0 Å². The third-order valence-electron chi connectivity index (χ3n) is 1.21. The van der Waals surface area contributed by atoms with Gasteiger partial charge in [0, 0.05) is 4.90 Å². The van der Waals surface area contributed by atoms with Gasteiger partial charge in [-0.25, -0.2) is 4.79 Å². The van der Waals surface area contributed by atoms with E-state index in [0.717, 1.165) is 6.07 Å². The molecule has 2 N–H and O–H groups in total. The quantitative estimate of drug-likeness (QED) is 0.558. The molecule has 58 valence electrons. The molecule has 0 amide bonds. The Labute approximate surface area is 68.7 Å². The molecule has 0 aliphatic heterocycles. The number of aromatic hydroxyl groups is 1. The number of hydrogen-bond donors (Lipinski definition) is 3. The SMILES string of the molecule is O=C(O)c1cc(O)ccc1S. The zero-order valence-electron chi connectivity index (χ0n) is 5.48. The number of aromatic carboxylic acids is 1. The fourth-order valence-electron chi connectivity index (χ4n) is 0.695. The summed E-state index contributed by atoms with van der Waals surface area (Å²) >= 11 is 3.89. The summed E-state index contributed by atoms with van der Waals surface area (Å²) in [5.41, 5.74) is 0.00772. The van der Waals surface area contributed by atoms with Crippen molar-refractivity contribution in [3.8, 4) is 5.75 Å². The Kier molecular flexibility index (Phi) is 2.05. The first-order valence-corrected chi connectivity index (χ1v) is 3.31. The minimum atomic E-state index is -1.09. The van der Waals surface area contributed by atoms with E-state index in [0.29, 0.717) is 4.90 Å². The van der Waals surface area contributed by atoms with E-state index in [1.54, 1.807) is 0 Å². The second kappa shape index (κ2) is 2.84. The van der Waals surface area contributed by atoms with E-state index in [-0.39, 0.29) is 11.3 Å². The van der Waals surface area contributed by atoms with Gasteiger partial charge in [0.15, 0.2) is 0 Å². The molecule has 1 rings (SSSR count). The molecule has 0 saturated heterocycles. The van der Waals surface area contributed by atoms with Crippen molar-refractivity contribution in [3.05, 3.63) is 23.8 Å². The van der Waals surface area contributed by atoms with Gasteiger partial charge in [0.25, 0.3) is 0 Å². The number of rotatable bonds is 1. The van der Waals surface area contributed by atoms with Crippen LogP contribution in [0, 0.1) is 0 Å². The summed E-state index contributed by atoms with van der Waals surface area (Å²) in [4.78, 5) is 10.8. The number of hydrogen-bond acceptors (Lipinski definition) is 3. The molecule has 1 aromatic carbocycles. The fourth-order valence-corrected chi connectivity index (χ4v) is 0.930. The Morgan fingerprint density at radius 1 is 1.45 bits per heavy atom. The summed E-state index contributed by atoms with van der Waals surface area (Å²) in [6, 6.07) is 3.97. The van der Waals surface area contributed by atoms with Crippen LogP contribution in [-0.4, -0.2) is 16.2 Å². The highest BCUT2D eigenvalue weighted by molar-refractivity contribution is 7.80. The molecule has 0 heterocycles. The smallest absolute Gasteiger partial charge is 0.336 e. The van der Waals surface area contributed by atoms with E-state index in [1.165, 1.54) is 12.1 Å². The molecule has 3 nitrogen and oxygen atoms in total. The van der Waals surface area contributed by atoms with Gasteiger partial charge < -0.3 is 10.2 Å². The standard InChI is InChI=1S/C7H6O3S/c8-4-1-2-6(11)5(3-4)7(9)10/h1-3,8,11H,(H,9,10). The largest absolute Gasteiger partial charge is 0.508 e. The number of phenolic OH excluding ortho intramolecular Hbond substituents is 1. The van der Waals surface area contributed by atoms with Crippen LogP contribution in [0.3, 0.4) is 0 Å². The van der Waals surface area contributed by atoms with Gasteiger partial charge in [-0.1, -0.05) is 0 Å². The fraction of sp³-hybridized carbons (Fsp3) is 0. The number of carboxylic acids is 1. The van der Waals surface area contributed by atoms with E-state index in [9.17, 15) is 4.79 Å². The van der Waals surface area contributed by atoms with Gasteiger partial charge in [-0.2, -0.15) is 0 Å². The normalized spacial score (nSPS) is 9.55. The zero-order valence-corrected chi connectivity index (χ0v) is 6.38. The average molecular weight is 170 g/mol. The minimum absolute atomic E-state index is 0.00772. The minimum Gasteiger partial charge on any atom is -0.508 e. The molecule has 0 spiro atoms. The molecule has 1 aromatic rings. The van der Waals surface area contributed by atoms with Crippen LogP contribution in [-0.2, 0) is 0 Å². The van der Waals surface area contributed by atoms with Gasteiger partial charge in [-0.05, 0) is 18.2 Å². The molecule has 0 aromatic heterocycles. The van der Waals surface area contributed by atoms with Gasteiger partial charge >= 0.3 is 5.97 Å². The molecule has 0 bridgehead atoms. The van der Waals surface area contributed by atoms with Crippen LogP contribution < -0.4 is 0 Å². The van der Waals surface area contributed by atoms with Crippen molar-refractivity contribution in [2.45, 2.75) is 4.90 Å². The highest BCUT2D eigenvalue weighted by Crippen LogP contribution is 2.19.